The Morgan fingerprint density at radius 2 is 2.70 bits per heavy atom. The molecule has 1 radical (unpaired) electrons. The number of aromatic nitrogens is 1. The molecule has 0 spiro atoms. The van der Waals surface area contributed by atoms with Crippen molar-refractivity contribution in [3.05, 3.63) is 24.8 Å². The number of rotatable bonds is 3. The van der Waals surface area contributed by atoms with Crippen molar-refractivity contribution in [2.24, 2.45) is 0 Å². The van der Waals surface area contributed by atoms with Gasteiger partial charge in [-0.25, -0.2) is 4.98 Å². The largest absolute Gasteiger partial charge is 0.481 e. The average molecular weight is 140 g/mol. The third-order valence-electron chi connectivity index (χ3n) is 0.935. The van der Waals surface area contributed by atoms with Crippen molar-refractivity contribution in [3.8, 4) is 0 Å². The summed E-state index contributed by atoms with van der Waals surface area (Å²) in [5.41, 5.74) is 0. The number of hydrogen-bond acceptors (Lipinski definition) is 3. The van der Waals surface area contributed by atoms with E-state index in [0.717, 1.165) is 6.42 Å². The van der Waals surface area contributed by atoms with Gasteiger partial charge in [-0.1, -0.05) is 0 Å². The van der Waals surface area contributed by atoms with Gasteiger partial charge in [-0.3, -0.25) is 4.79 Å². The molecule has 0 unspecified atom stereocenters. The van der Waals surface area contributed by atoms with Crippen LogP contribution in [-0.4, -0.2) is 16.1 Å². The van der Waals surface area contributed by atoms with Crippen molar-refractivity contribution in [1.82, 2.24) is 4.98 Å². The molecule has 0 aliphatic heterocycles. The molecular formula is C6H6NO3. The van der Waals surface area contributed by atoms with Crippen molar-refractivity contribution >= 4 is 5.97 Å². The molecule has 1 aromatic heterocycles. The van der Waals surface area contributed by atoms with E-state index in [0.29, 0.717) is 5.89 Å². The van der Waals surface area contributed by atoms with Crippen LogP contribution >= 0.6 is 0 Å². The lowest BCUT2D eigenvalue weighted by atomic mass is 10.3. The van der Waals surface area contributed by atoms with Crippen molar-refractivity contribution < 1.29 is 14.3 Å². The zero-order valence-electron chi connectivity index (χ0n) is 5.15. The van der Waals surface area contributed by atoms with Crippen LogP contribution in [0.2, 0.25) is 0 Å². The molecule has 1 heterocycles. The van der Waals surface area contributed by atoms with Crippen LogP contribution < -0.4 is 0 Å². The molecule has 0 atom stereocenters. The Balaban J connectivity index is 2.35. The number of carboxylic acids is 1. The van der Waals surface area contributed by atoms with Crippen molar-refractivity contribution in [1.29, 1.82) is 0 Å². The molecule has 0 aliphatic carbocycles. The van der Waals surface area contributed by atoms with Gasteiger partial charge in [-0.2, -0.15) is 0 Å². The maximum atomic E-state index is 9.97. The van der Waals surface area contributed by atoms with Gasteiger partial charge in [0.25, 0.3) is 0 Å². The van der Waals surface area contributed by atoms with Crippen LogP contribution in [0.25, 0.3) is 0 Å². The molecular weight excluding hydrogens is 134 g/mol. The zero-order valence-corrected chi connectivity index (χ0v) is 5.15. The van der Waals surface area contributed by atoms with Gasteiger partial charge in [0, 0.05) is 6.42 Å². The lowest BCUT2D eigenvalue weighted by Gasteiger charge is -1.87. The number of nitrogens with zero attached hydrogens (tertiary/aromatic N) is 1. The van der Waals surface area contributed by atoms with E-state index in [9.17, 15) is 4.79 Å². The Labute approximate surface area is 57.5 Å². The molecule has 53 valence electrons. The van der Waals surface area contributed by atoms with Crippen LogP contribution in [0.3, 0.4) is 0 Å². The summed E-state index contributed by atoms with van der Waals surface area (Å²) >= 11 is 0. The highest BCUT2D eigenvalue weighted by molar-refractivity contribution is 5.76. The van der Waals surface area contributed by atoms with Gasteiger partial charge in [-0.15, -0.1) is 0 Å². The summed E-state index contributed by atoms with van der Waals surface area (Å²) in [6.07, 6.45) is 4.21. The zero-order chi connectivity index (χ0) is 7.40. The van der Waals surface area contributed by atoms with Gasteiger partial charge in [-0.05, 0) is 0 Å². The third kappa shape index (κ3) is 1.89. The normalized spacial score (nSPS) is 9.60. The number of aliphatic carboxylic acids is 1. The second-order valence-electron chi connectivity index (χ2n) is 1.67. The Morgan fingerprint density at radius 3 is 3.20 bits per heavy atom. The fourth-order valence-electron chi connectivity index (χ4n) is 0.528. The third-order valence-corrected chi connectivity index (χ3v) is 0.935. The molecule has 0 amide bonds. The molecule has 0 aliphatic rings. The minimum Gasteiger partial charge on any atom is -0.481 e. The van der Waals surface area contributed by atoms with E-state index < -0.39 is 5.97 Å². The van der Waals surface area contributed by atoms with Gasteiger partial charge in [0.1, 0.15) is 6.26 Å². The Kier molecular flexibility index (Phi) is 2.04. The second-order valence-corrected chi connectivity index (χ2v) is 1.67. The summed E-state index contributed by atoms with van der Waals surface area (Å²) in [5.74, 6) is -0.541. The summed E-state index contributed by atoms with van der Waals surface area (Å²) in [7, 11) is 0. The van der Waals surface area contributed by atoms with E-state index in [4.69, 9.17) is 9.52 Å². The van der Waals surface area contributed by atoms with Crippen LogP contribution in [0.4, 0.5) is 0 Å². The second kappa shape index (κ2) is 3.00. The average Bonchev–Trinajstić information content (AvgIpc) is 2.34. The first kappa shape index (κ1) is 6.80. The Hall–Kier alpha value is -1.32. The number of oxazole rings is 1. The first-order chi connectivity index (χ1) is 4.79. The summed E-state index contributed by atoms with van der Waals surface area (Å²) in [6.45, 7) is 0. The number of hydrogen-bond donors (Lipinski definition) is 1. The summed E-state index contributed by atoms with van der Waals surface area (Å²) in [4.78, 5) is 13.7. The van der Waals surface area contributed by atoms with E-state index in [2.05, 4.69) is 4.98 Å². The molecule has 1 N–H and O–H groups in total. The van der Waals surface area contributed by atoms with E-state index in [1.54, 1.807) is 0 Å². The first-order valence-electron chi connectivity index (χ1n) is 2.73. The van der Waals surface area contributed by atoms with E-state index in [-0.39, 0.29) is 6.42 Å². The quantitative estimate of drug-likeness (QED) is 0.664. The molecule has 4 nitrogen and oxygen atoms in total. The fraction of sp³-hybridized carbons (Fsp3) is 0.167. The predicted octanol–water partition coefficient (Wildman–Crippen LogP) is 0.506. The van der Waals surface area contributed by atoms with Crippen LogP contribution in [-0.2, 0) is 11.2 Å². The van der Waals surface area contributed by atoms with E-state index in [1.165, 1.54) is 12.5 Å². The van der Waals surface area contributed by atoms with Gasteiger partial charge >= 0.3 is 5.97 Å². The van der Waals surface area contributed by atoms with Crippen molar-refractivity contribution in [3.63, 3.8) is 0 Å². The van der Waals surface area contributed by atoms with Gasteiger partial charge in [0.05, 0.1) is 12.6 Å². The summed E-state index contributed by atoms with van der Waals surface area (Å²) in [6, 6.07) is 0. The maximum Gasteiger partial charge on any atom is 0.307 e. The molecule has 4 heteroatoms. The van der Waals surface area contributed by atoms with Gasteiger partial charge < -0.3 is 9.52 Å². The highest BCUT2D eigenvalue weighted by atomic mass is 16.4. The molecule has 10 heavy (non-hydrogen) atoms. The first-order valence-corrected chi connectivity index (χ1v) is 2.73. The predicted molar refractivity (Wildman–Crippen MR) is 32.1 cm³/mol. The Morgan fingerprint density at radius 1 is 1.90 bits per heavy atom. The van der Waals surface area contributed by atoms with E-state index >= 15 is 0 Å². The van der Waals surface area contributed by atoms with Crippen molar-refractivity contribution in [2.45, 2.75) is 6.42 Å². The van der Waals surface area contributed by atoms with Gasteiger partial charge in [0.2, 0.25) is 0 Å². The molecule has 1 rings (SSSR count). The fourth-order valence-corrected chi connectivity index (χ4v) is 0.528. The molecule has 1 aromatic rings. The molecule has 0 fully saturated rings. The van der Waals surface area contributed by atoms with Crippen LogP contribution in [0.5, 0.6) is 0 Å². The van der Waals surface area contributed by atoms with Crippen LogP contribution in [0.15, 0.2) is 16.9 Å². The smallest absolute Gasteiger partial charge is 0.307 e. The molecule has 0 bridgehead atoms. The van der Waals surface area contributed by atoms with E-state index in [1.807, 2.05) is 0 Å². The van der Waals surface area contributed by atoms with Crippen LogP contribution in [0.1, 0.15) is 5.89 Å². The summed E-state index contributed by atoms with van der Waals surface area (Å²) < 4.78 is 4.78. The standard InChI is InChI=1S/C6H6NO3/c8-6(9)2-1-5-7-3-4-10-5/h2-4H,1H2,(H,8,9). The topological polar surface area (TPSA) is 63.3 Å². The molecule has 0 saturated carbocycles. The highest BCUT2D eigenvalue weighted by Crippen LogP contribution is 1.97. The minimum atomic E-state index is -0.960. The number of carboxylic acid groups (broad SMARTS) is 1. The highest BCUT2D eigenvalue weighted by Gasteiger charge is 2.01. The minimum absolute atomic E-state index is 0.238. The Bertz CT molecular complexity index is 205. The summed E-state index contributed by atoms with van der Waals surface area (Å²) in [5, 5.41) is 8.19. The van der Waals surface area contributed by atoms with Crippen molar-refractivity contribution in [2.75, 3.05) is 0 Å². The maximum absolute atomic E-state index is 9.97. The van der Waals surface area contributed by atoms with Crippen LogP contribution in [0, 0.1) is 6.42 Å². The SMILES string of the molecule is O=C(O)[CH]Cc1ncco1. The molecule has 0 saturated heterocycles. The van der Waals surface area contributed by atoms with Gasteiger partial charge in [0.15, 0.2) is 5.89 Å². The number of carbonyl (C=O) groups is 1. The lowest BCUT2D eigenvalue weighted by molar-refractivity contribution is -0.133. The monoisotopic (exact) mass is 140 g/mol. The lowest BCUT2D eigenvalue weighted by Crippen LogP contribution is -1.98. The molecule has 0 aromatic carbocycles.